The van der Waals surface area contributed by atoms with Crippen LogP contribution in [0, 0.1) is 16.7 Å². The predicted molar refractivity (Wildman–Crippen MR) is 69.7 cm³/mol. The minimum Gasteiger partial charge on any atom is -0.397 e. The van der Waals surface area contributed by atoms with Gasteiger partial charge in [0, 0.05) is 13.1 Å². The summed E-state index contributed by atoms with van der Waals surface area (Å²) in [5.74, 6) is -0.292. The summed E-state index contributed by atoms with van der Waals surface area (Å²) < 4.78 is 0. The molecule has 0 aliphatic carbocycles. The second-order valence-electron chi connectivity index (χ2n) is 4.98. The molecular formula is C13H16N4O. The van der Waals surface area contributed by atoms with E-state index in [0.29, 0.717) is 24.2 Å². The van der Waals surface area contributed by atoms with E-state index in [4.69, 9.17) is 16.7 Å². The lowest BCUT2D eigenvalue weighted by Crippen LogP contribution is -2.37. The fourth-order valence-corrected chi connectivity index (χ4v) is 2.25. The molecule has 1 aromatic carbocycles. The number of nitrogen functional groups attached to an aromatic ring is 1. The number of nitriles is 1. The average Bonchev–Trinajstić information content (AvgIpc) is 2.74. The Kier molecular flexibility index (Phi) is 2.87. The molecule has 0 aromatic heterocycles. The van der Waals surface area contributed by atoms with Crippen LogP contribution < -0.4 is 16.4 Å². The van der Waals surface area contributed by atoms with Crippen molar-refractivity contribution in [2.75, 3.05) is 23.7 Å². The maximum absolute atomic E-state index is 11.4. The van der Waals surface area contributed by atoms with Crippen molar-refractivity contribution >= 4 is 17.3 Å². The molecule has 5 nitrogen and oxygen atoms in total. The van der Waals surface area contributed by atoms with Crippen LogP contribution in [-0.2, 0) is 4.79 Å². The molecule has 1 saturated heterocycles. The minimum absolute atomic E-state index is 0.292. The average molecular weight is 244 g/mol. The molecular weight excluding hydrogens is 228 g/mol. The molecule has 0 spiro atoms. The van der Waals surface area contributed by atoms with E-state index in [1.165, 1.54) is 0 Å². The molecule has 4 N–H and O–H groups in total. The Hall–Kier alpha value is -2.22. The van der Waals surface area contributed by atoms with Gasteiger partial charge in [0.2, 0.25) is 5.91 Å². The van der Waals surface area contributed by atoms with Crippen LogP contribution >= 0.6 is 0 Å². The zero-order valence-electron chi connectivity index (χ0n) is 10.3. The van der Waals surface area contributed by atoms with E-state index in [0.717, 1.165) is 12.2 Å². The predicted octanol–water partition coefficient (Wildman–Crippen LogP) is 0.842. The largest absolute Gasteiger partial charge is 0.397 e. The van der Waals surface area contributed by atoms with E-state index >= 15 is 0 Å². The van der Waals surface area contributed by atoms with Gasteiger partial charge in [0.15, 0.2) is 0 Å². The number of benzene rings is 1. The highest BCUT2D eigenvalue weighted by atomic mass is 16.1. The first kappa shape index (κ1) is 12.2. The number of nitrogens with zero attached hydrogens (tertiary/aromatic N) is 2. The SMILES string of the molecule is CC1(C(N)=O)CCN(c2cc(C#N)ccc2N)C1. The lowest BCUT2D eigenvalue weighted by molar-refractivity contribution is -0.125. The Morgan fingerprint density at radius 1 is 1.56 bits per heavy atom. The third-order valence-electron chi connectivity index (χ3n) is 3.57. The molecule has 1 aliphatic heterocycles. The van der Waals surface area contributed by atoms with Gasteiger partial charge in [0.05, 0.1) is 28.4 Å². The van der Waals surface area contributed by atoms with E-state index in [2.05, 4.69) is 6.07 Å². The van der Waals surface area contributed by atoms with Gasteiger partial charge in [-0.3, -0.25) is 4.79 Å². The number of rotatable bonds is 2. The first-order valence-electron chi connectivity index (χ1n) is 5.81. The van der Waals surface area contributed by atoms with Gasteiger partial charge in [-0.2, -0.15) is 5.26 Å². The monoisotopic (exact) mass is 244 g/mol. The molecule has 1 unspecified atom stereocenters. The van der Waals surface area contributed by atoms with Crippen LogP contribution in [0.3, 0.4) is 0 Å². The Morgan fingerprint density at radius 2 is 2.28 bits per heavy atom. The third-order valence-corrected chi connectivity index (χ3v) is 3.57. The first-order chi connectivity index (χ1) is 8.46. The quantitative estimate of drug-likeness (QED) is 0.753. The molecule has 1 atom stereocenters. The molecule has 1 amide bonds. The van der Waals surface area contributed by atoms with E-state index < -0.39 is 5.41 Å². The van der Waals surface area contributed by atoms with Gasteiger partial charge in [-0.05, 0) is 31.5 Å². The smallest absolute Gasteiger partial charge is 0.225 e. The van der Waals surface area contributed by atoms with Crippen molar-refractivity contribution in [1.29, 1.82) is 5.26 Å². The summed E-state index contributed by atoms with van der Waals surface area (Å²) in [6.07, 6.45) is 0.707. The molecule has 0 radical (unpaired) electrons. The fraction of sp³-hybridized carbons (Fsp3) is 0.385. The van der Waals surface area contributed by atoms with Gasteiger partial charge in [0.1, 0.15) is 0 Å². The number of hydrogen-bond donors (Lipinski definition) is 2. The Labute approximate surface area is 106 Å². The second-order valence-corrected chi connectivity index (χ2v) is 4.98. The van der Waals surface area contributed by atoms with Gasteiger partial charge in [-0.25, -0.2) is 0 Å². The minimum atomic E-state index is -0.519. The molecule has 1 aliphatic rings. The van der Waals surface area contributed by atoms with Gasteiger partial charge in [-0.15, -0.1) is 0 Å². The van der Waals surface area contributed by atoms with Crippen molar-refractivity contribution < 1.29 is 4.79 Å². The van der Waals surface area contributed by atoms with E-state index in [9.17, 15) is 4.79 Å². The Morgan fingerprint density at radius 3 is 2.83 bits per heavy atom. The summed E-state index contributed by atoms with van der Waals surface area (Å²) in [6, 6.07) is 7.24. The second kappa shape index (κ2) is 4.22. The summed E-state index contributed by atoms with van der Waals surface area (Å²) in [5.41, 5.74) is 12.8. The lowest BCUT2D eigenvalue weighted by atomic mass is 9.89. The van der Waals surface area contributed by atoms with Gasteiger partial charge in [-0.1, -0.05) is 0 Å². The van der Waals surface area contributed by atoms with Gasteiger partial charge < -0.3 is 16.4 Å². The Balaban J connectivity index is 2.30. The zero-order chi connectivity index (χ0) is 13.3. The summed E-state index contributed by atoms with van der Waals surface area (Å²) in [6.45, 7) is 3.12. The van der Waals surface area contributed by atoms with Gasteiger partial charge in [0.25, 0.3) is 0 Å². The normalized spacial score (nSPS) is 22.8. The number of carbonyl (C=O) groups excluding carboxylic acids is 1. The molecule has 5 heteroatoms. The molecule has 0 saturated carbocycles. The van der Waals surface area contributed by atoms with Crippen molar-refractivity contribution in [2.45, 2.75) is 13.3 Å². The van der Waals surface area contributed by atoms with Crippen molar-refractivity contribution in [1.82, 2.24) is 0 Å². The first-order valence-corrected chi connectivity index (χ1v) is 5.81. The van der Waals surface area contributed by atoms with Crippen LogP contribution in [0.2, 0.25) is 0 Å². The van der Waals surface area contributed by atoms with Crippen molar-refractivity contribution in [3.63, 3.8) is 0 Å². The van der Waals surface area contributed by atoms with Gasteiger partial charge >= 0.3 is 0 Å². The lowest BCUT2D eigenvalue weighted by Gasteiger charge is -2.23. The zero-order valence-corrected chi connectivity index (χ0v) is 10.3. The topological polar surface area (TPSA) is 96.1 Å². The summed E-state index contributed by atoms with van der Waals surface area (Å²) >= 11 is 0. The number of nitrogens with two attached hydrogens (primary N) is 2. The summed E-state index contributed by atoms with van der Waals surface area (Å²) in [5, 5.41) is 8.90. The number of anilines is 2. The number of hydrogen-bond acceptors (Lipinski definition) is 4. The number of amides is 1. The molecule has 0 bridgehead atoms. The third kappa shape index (κ3) is 1.97. The van der Waals surface area contributed by atoms with Crippen LogP contribution in [0.4, 0.5) is 11.4 Å². The fourth-order valence-electron chi connectivity index (χ4n) is 2.25. The molecule has 1 aromatic rings. The molecule has 18 heavy (non-hydrogen) atoms. The highest BCUT2D eigenvalue weighted by molar-refractivity contribution is 5.83. The van der Waals surface area contributed by atoms with Crippen LogP contribution in [0.1, 0.15) is 18.9 Å². The van der Waals surface area contributed by atoms with Crippen LogP contribution in [0.5, 0.6) is 0 Å². The van der Waals surface area contributed by atoms with Crippen LogP contribution in [0.25, 0.3) is 0 Å². The Bertz CT molecular complexity index is 534. The number of carbonyl (C=O) groups is 1. The molecule has 94 valence electrons. The summed E-state index contributed by atoms with van der Waals surface area (Å²) in [7, 11) is 0. The van der Waals surface area contributed by atoms with Crippen molar-refractivity contribution in [2.24, 2.45) is 11.1 Å². The molecule has 1 fully saturated rings. The highest BCUT2D eigenvalue weighted by Crippen LogP contribution is 2.35. The van der Waals surface area contributed by atoms with Crippen LogP contribution in [0.15, 0.2) is 18.2 Å². The van der Waals surface area contributed by atoms with E-state index in [-0.39, 0.29) is 5.91 Å². The van der Waals surface area contributed by atoms with Crippen molar-refractivity contribution in [3.05, 3.63) is 23.8 Å². The highest BCUT2D eigenvalue weighted by Gasteiger charge is 2.39. The molecule has 2 rings (SSSR count). The summed E-state index contributed by atoms with van der Waals surface area (Å²) in [4.78, 5) is 13.4. The maximum Gasteiger partial charge on any atom is 0.225 e. The van der Waals surface area contributed by atoms with E-state index in [1.807, 2.05) is 11.8 Å². The number of primary amides is 1. The van der Waals surface area contributed by atoms with E-state index in [1.54, 1.807) is 18.2 Å². The standard InChI is InChI=1S/C13H16N4O/c1-13(12(16)18)4-5-17(8-13)11-6-9(7-14)2-3-10(11)15/h2-3,6H,4-5,8,15H2,1H3,(H2,16,18). The maximum atomic E-state index is 11.4. The molecule has 1 heterocycles. The van der Waals surface area contributed by atoms with Crippen molar-refractivity contribution in [3.8, 4) is 6.07 Å². The van der Waals surface area contributed by atoms with Crippen LogP contribution in [-0.4, -0.2) is 19.0 Å².